The lowest BCUT2D eigenvalue weighted by atomic mass is 10.0. The first-order valence-electron chi connectivity index (χ1n) is 12.4. The first-order valence-corrected chi connectivity index (χ1v) is 12.8. The number of rotatable bonds is 10. The van der Waals surface area contributed by atoms with Gasteiger partial charge < -0.3 is 31.7 Å². The minimum atomic E-state index is -0.670. The molecular formula is C26H30ClN7O5. The zero-order valence-corrected chi connectivity index (χ0v) is 21.9. The van der Waals surface area contributed by atoms with Gasteiger partial charge in [0.15, 0.2) is 5.96 Å². The van der Waals surface area contributed by atoms with Gasteiger partial charge in [0.2, 0.25) is 11.8 Å². The van der Waals surface area contributed by atoms with Gasteiger partial charge in [-0.05, 0) is 47.7 Å². The smallest absolute Gasteiger partial charge is 0.319 e. The van der Waals surface area contributed by atoms with Crippen molar-refractivity contribution in [2.24, 2.45) is 16.5 Å². The summed E-state index contributed by atoms with van der Waals surface area (Å²) in [4.78, 5) is 54.3. The maximum Gasteiger partial charge on any atom is 0.319 e. The van der Waals surface area contributed by atoms with Crippen LogP contribution in [0.15, 0.2) is 41.4 Å². The largest absolute Gasteiger partial charge is 0.379 e. The topological polar surface area (TPSA) is 181 Å². The number of ether oxygens (including phenoxy) is 1. The van der Waals surface area contributed by atoms with E-state index in [2.05, 4.69) is 20.9 Å². The third-order valence-corrected chi connectivity index (χ3v) is 6.75. The molecule has 0 bridgehead atoms. The molecule has 0 aliphatic carbocycles. The van der Waals surface area contributed by atoms with Crippen LogP contribution in [-0.4, -0.2) is 60.4 Å². The number of halogens is 1. The van der Waals surface area contributed by atoms with Crippen LogP contribution in [-0.2, 0) is 33.8 Å². The molecule has 1 unspecified atom stereocenters. The number of aliphatic imine (C=N–C) groups is 1. The number of urea groups is 1. The fraction of sp³-hybridized carbons (Fsp3) is 0.346. The van der Waals surface area contributed by atoms with Crippen molar-refractivity contribution in [1.29, 1.82) is 0 Å². The summed E-state index contributed by atoms with van der Waals surface area (Å²) in [5.41, 5.74) is 14.0. The first kappa shape index (κ1) is 27.9. The average molecular weight is 556 g/mol. The lowest BCUT2D eigenvalue weighted by Crippen LogP contribution is -2.52. The summed E-state index contributed by atoms with van der Waals surface area (Å²) < 4.78 is 5.48. The van der Waals surface area contributed by atoms with Gasteiger partial charge in [0.1, 0.15) is 6.04 Å². The highest BCUT2D eigenvalue weighted by molar-refractivity contribution is 6.31. The Bertz CT molecular complexity index is 1310. The number of fused-ring (bicyclic) bond motifs is 1. The Balaban J connectivity index is 1.25. The van der Waals surface area contributed by atoms with E-state index >= 15 is 0 Å². The number of nitrogens with zero attached hydrogens (tertiary/aromatic N) is 2. The fourth-order valence-electron chi connectivity index (χ4n) is 4.45. The highest BCUT2D eigenvalue weighted by atomic mass is 35.5. The second kappa shape index (κ2) is 12.6. The predicted molar refractivity (Wildman–Crippen MR) is 145 cm³/mol. The molecule has 13 heteroatoms. The van der Waals surface area contributed by atoms with Crippen molar-refractivity contribution in [3.8, 4) is 0 Å². The van der Waals surface area contributed by atoms with Crippen LogP contribution in [0.5, 0.6) is 0 Å². The Labute approximate surface area is 230 Å². The van der Waals surface area contributed by atoms with Gasteiger partial charge in [0, 0.05) is 35.8 Å². The molecule has 1 saturated heterocycles. The number of nitrogens with one attached hydrogen (secondary N) is 3. The molecule has 4 rings (SSSR count). The number of anilines is 1. The van der Waals surface area contributed by atoms with Crippen molar-refractivity contribution in [2.45, 2.75) is 38.4 Å². The number of benzene rings is 2. The first-order chi connectivity index (χ1) is 18.7. The van der Waals surface area contributed by atoms with Gasteiger partial charge in [-0.1, -0.05) is 29.8 Å². The molecule has 1 atom stereocenters. The lowest BCUT2D eigenvalue weighted by molar-refractivity contribution is -0.136. The summed E-state index contributed by atoms with van der Waals surface area (Å²) >= 11 is 6.36. The van der Waals surface area contributed by atoms with E-state index in [-0.39, 0.29) is 37.3 Å². The second-order valence-electron chi connectivity index (χ2n) is 9.17. The quantitative estimate of drug-likeness (QED) is 0.126. The van der Waals surface area contributed by atoms with Crippen molar-refractivity contribution in [3.05, 3.63) is 63.7 Å². The summed E-state index contributed by atoms with van der Waals surface area (Å²) in [6, 6.07) is 9.45. The zero-order valence-electron chi connectivity index (χ0n) is 21.2. The molecule has 0 radical (unpaired) electrons. The lowest BCUT2D eigenvalue weighted by Gasteiger charge is -2.29. The summed E-state index contributed by atoms with van der Waals surface area (Å²) in [6.45, 7) is 1.73. The van der Waals surface area contributed by atoms with E-state index in [1.165, 1.54) is 4.90 Å². The third-order valence-electron chi connectivity index (χ3n) is 6.40. The molecule has 2 aromatic carbocycles. The molecule has 1 fully saturated rings. The molecule has 12 nitrogen and oxygen atoms in total. The fourth-order valence-corrected chi connectivity index (χ4v) is 4.72. The highest BCUT2D eigenvalue weighted by Gasteiger charge is 2.39. The molecule has 206 valence electrons. The summed E-state index contributed by atoms with van der Waals surface area (Å²) in [7, 11) is 0. The number of guanidine groups is 1. The van der Waals surface area contributed by atoms with Crippen LogP contribution in [0.3, 0.4) is 0 Å². The molecular weight excluding hydrogens is 526 g/mol. The minimum Gasteiger partial charge on any atom is -0.379 e. The van der Waals surface area contributed by atoms with E-state index in [0.29, 0.717) is 48.9 Å². The predicted octanol–water partition coefficient (Wildman–Crippen LogP) is 1.26. The van der Waals surface area contributed by atoms with Gasteiger partial charge in [0.25, 0.3) is 5.91 Å². The maximum atomic E-state index is 12.8. The van der Waals surface area contributed by atoms with Gasteiger partial charge in [-0.2, -0.15) is 0 Å². The monoisotopic (exact) mass is 555 g/mol. The molecule has 2 heterocycles. The minimum absolute atomic E-state index is 0.0240. The van der Waals surface area contributed by atoms with Crippen LogP contribution in [0.25, 0.3) is 0 Å². The van der Waals surface area contributed by atoms with E-state index in [4.69, 9.17) is 27.8 Å². The molecule has 2 aliphatic rings. The summed E-state index contributed by atoms with van der Waals surface area (Å²) in [5.74, 6) is -0.996. The van der Waals surface area contributed by atoms with Crippen molar-refractivity contribution in [1.82, 2.24) is 15.5 Å². The van der Waals surface area contributed by atoms with Crippen LogP contribution in [0.1, 0.15) is 39.9 Å². The highest BCUT2D eigenvalue weighted by Crippen LogP contribution is 2.28. The second-order valence-corrected chi connectivity index (χ2v) is 9.58. The summed E-state index contributed by atoms with van der Waals surface area (Å²) in [6.07, 6.45) is 1.10. The summed E-state index contributed by atoms with van der Waals surface area (Å²) in [5, 5.41) is 8.34. The van der Waals surface area contributed by atoms with Crippen molar-refractivity contribution >= 4 is 47.0 Å². The molecule has 5 amide bonds. The Morgan fingerprint density at radius 1 is 1.15 bits per heavy atom. The Morgan fingerprint density at radius 2 is 1.97 bits per heavy atom. The van der Waals surface area contributed by atoms with Gasteiger partial charge in [-0.15, -0.1) is 0 Å². The van der Waals surface area contributed by atoms with Crippen molar-refractivity contribution < 1.29 is 23.9 Å². The van der Waals surface area contributed by atoms with Crippen LogP contribution in [0, 0.1) is 0 Å². The average Bonchev–Trinajstić information content (AvgIpc) is 3.21. The van der Waals surface area contributed by atoms with Gasteiger partial charge >= 0.3 is 6.03 Å². The van der Waals surface area contributed by atoms with Crippen molar-refractivity contribution in [3.63, 3.8) is 0 Å². The normalized spacial score (nSPS) is 16.5. The van der Waals surface area contributed by atoms with Crippen LogP contribution in [0.4, 0.5) is 10.5 Å². The number of hydrogen-bond donors (Lipinski definition) is 5. The van der Waals surface area contributed by atoms with Crippen LogP contribution >= 0.6 is 11.6 Å². The number of imide groups is 1. The maximum absolute atomic E-state index is 12.8. The van der Waals surface area contributed by atoms with Crippen LogP contribution in [0.2, 0.25) is 5.02 Å². The van der Waals surface area contributed by atoms with Gasteiger partial charge in [-0.3, -0.25) is 24.7 Å². The number of hydrogen-bond acceptors (Lipinski definition) is 6. The van der Waals surface area contributed by atoms with Crippen molar-refractivity contribution in [2.75, 3.05) is 25.1 Å². The zero-order chi connectivity index (χ0) is 27.9. The van der Waals surface area contributed by atoms with E-state index in [1.807, 2.05) is 12.1 Å². The molecule has 2 aliphatic heterocycles. The van der Waals surface area contributed by atoms with Gasteiger partial charge in [-0.25, -0.2) is 4.79 Å². The SMILES string of the molecule is NC(N)=NCCOCCc1ccc(NC(=O)NCc2ccc3c(c2)CN(C2CCC(=O)NC2=O)C3=O)cc1Cl. The van der Waals surface area contributed by atoms with Gasteiger partial charge in [0.05, 0.1) is 19.8 Å². The molecule has 7 N–H and O–H groups in total. The molecule has 0 saturated carbocycles. The number of piperidine rings is 1. The number of carbonyl (C=O) groups is 4. The molecule has 0 aromatic heterocycles. The molecule has 0 spiro atoms. The Kier molecular flexibility index (Phi) is 8.99. The molecule has 39 heavy (non-hydrogen) atoms. The van der Waals surface area contributed by atoms with Crippen LogP contribution < -0.4 is 27.4 Å². The Morgan fingerprint density at radius 3 is 2.72 bits per heavy atom. The standard InChI is InChI=1S/C26H30ClN7O5/c27-20-12-18(3-2-16(20)7-9-39-10-8-30-25(28)29)32-26(38)31-13-15-1-4-19-17(11-15)14-34(24(19)37)21-5-6-22(35)33-23(21)36/h1-4,11-12,21H,5-10,13-14H2,(H4,28,29,30)(H2,31,32,38)(H,33,35,36). The number of nitrogens with two attached hydrogens (primary N) is 2. The van der Waals surface area contributed by atoms with E-state index in [1.54, 1.807) is 24.3 Å². The Hall–Kier alpha value is -4.16. The molecule has 2 aromatic rings. The van der Waals surface area contributed by atoms with E-state index in [0.717, 1.165) is 16.7 Å². The number of carbonyl (C=O) groups excluding carboxylic acids is 4. The van der Waals surface area contributed by atoms with E-state index < -0.39 is 18.0 Å². The van der Waals surface area contributed by atoms with E-state index in [9.17, 15) is 19.2 Å². The third kappa shape index (κ3) is 7.24. The number of amides is 5.